The number of aliphatic hydroxyl groups excluding tert-OH is 1. The molecule has 1 amide bonds. The van der Waals surface area contributed by atoms with Crippen LogP contribution in [0.2, 0.25) is 0 Å². The van der Waals surface area contributed by atoms with E-state index in [4.69, 9.17) is 4.42 Å². The number of anilines is 1. The molecule has 2 heterocycles. The average molecular weight is 387 g/mol. The molecule has 0 spiro atoms. The van der Waals surface area contributed by atoms with Crippen LogP contribution in [0.3, 0.4) is 0 Å². The molecule has 0 aliphatic carbocycles. The molecule has 1 aliphatic rings. The second-order valence-electron chi connectivity index (χ2n) is 7.25. The molecule has 1 saturated heterocycles. The summed E-state index contributed by atoms with van der Waals surface area (Å²) in [5, 5.41) is 10.9. The SMILES string of the molecule is Cc1ccc(C2/C(=C(/O)c3ccccc3)C(=O)C(=O)N2c2ccc(C)c(C)c2)o1. The first-order chi connectivity index (χ1) is 13.9. The van der Waals surface area contributed by atoms with Crippen molar-refractivity contribution in [2.45, 2.75) is 26.8 Å². The number of amides is 1. The van der Waals surface area contributed by atoms with Crippen molar-refractivity contribution >= 4 is 23.1 Å². The number of Topliss-reactive ketones (excluding diaryl/α,β-unsaturated/α-hetero) is 1. The van der Waals surface area contributed by atoms with Gasteiger partial charge in [0.05, 0.1) is 5.57 Å². The third-order valence-electron chi connectivity index (χ3n) is 5.29. The zero-order valence-corrected chi connectivity index (χ0v) is 16.5. The highest BCUT2D eigenvalue weighted by Gasteiger charge is 2.48. The summed E-state index contributed by atoms with van der Waals surface area (Å²) in [7, 11) is 0. The van der Waals surface area contributed by atoms with Crippen LogP contribution < -0.4 is 4.90 Å². The fourth-order valence-electron chi connectivity index (χ4n) is 3.60. The topological polar surface area (TPSA) is 70.8 Å². The molecule has 29 heavy (non-hydrogen) atoms. The highest BCUT2D eigenvalue weighted by atomic mass is 16.3. The summed E-state index contributed by atoms with van der Waals surface area (Å²) in [5.74, 6) is -0.550. The lowest BCUT2D eigenvalue weighted by molar-refractivity contribution is -0.132. The van der Waals surface area contributed by atoms with Crippen molar-refractivity contribution in [1.29, 1.82) is 0 Å². The van der Waals surface area contributed by atoms with Gasteiger partial charge in [0.1, 0.15) is 23.3 Å². The second-order valence-corrected chi connectivity index (χ2v) is 7.25. The first-order valence-corrected chi connectivity index (χ1v) is 9.38. The van der Waals surface area contributed by atoms with Gasteiger partial charge in [0.25, 0.3) is 11.7 Å². The largest absolute Gasteiger partial charge is 0.507 e. The molecule has 5 heteroatoms. The summed E-state index contributed by atoms with van der Waals surface area (Å²) in [6, 6.07) is 17.0. The average Bonchev–Trinajstić information content (AvgIpc) is 3.25. The van der Waals surface area contributed by atoms with E-state index in [0.717, 1.165) is 11.1 Å². The lowest BCUT2D eigenvalue weighted by atomic mass is 9.99. The highest BCUT2D eigenvalue weighted by molar-refractivity contribution is 6.51. The van der Waals surface area contributed by atoms with Crippen molar-refractivity contribution in [1.82, 2.24) is 0 Å². The number of aryl methyl sites for hydroxylation is 3. The lowest BCUT2D eigenvalue weighted by Gasteiger charge is -2.24. The van der Waals surface area contributed by atoms with E-state index in [2.05, 4.69) is 0 Å². The third-order valence-corrected chi connectivity index (χ3v) is 5.29. The predicted molar refractivity (Wildman–Crippen MR) is 111 cm³/mol. The molecular weight excluding hydrogens is 366 g/mol. The molecule has 2 aromatic carbocycles. The maximum absolute atomic E-state index is 13.0. The second kappa shape index (κ2) is 7.09. The van der Waals surface area contributed by atoms with Gasteiger partial charge >= 0.3 is 0 Å². The van der Waals surface area contributed by atoms with E-state index in [9.17, 15) is 14.7 Å². The number of rotatable bonds is 3. The van der Waals surface area contributed by atoms with Gasteiger partial charge in [0, 0.05) is 11.3 Å². The predicted octanol–water partition coefficient (Wildman–Crippen LogP) is 4.83. The van der Waals surface area contributed by atoms with Crippen LogP contribution in [0.5, 0.6) is 0 Å². The van der Waals surface area contributed by atoms with E-state index < -0.39 is 17.7 Å². The molecule has 0 radical (unpaired) electrons. The summed E-state index contributed by atoms with van der Waals surface area (Å²) < 4.78 is 5.79. The minimum absolute atomic E-state index is 0.0220. The summed E-state index contributed by atoms with van der Waals surface area (Å²) in [4.78, 5) is 27.4. The molecule has 146 valence electrons. The van der Waals surface area contributed by atoms with Crippen molar-refractivity contribution in [2.75, 3.05) is 4.90 Å². The van der Waals surface area contributed by atoms with Crippen molar-refractivity contribution in [2.24, 2.45) is 0 Å². The molecule has 1 aliphatic heterocycles. The minimum Gasteiger partial charge on any atom is -0.507 e. The highest BCUT2D eigenvalue weighted by Crippen LogP contribution is 2.42. The van der Waals surface area contributed by atoms with Gasteiger partial charge in [-0.15, -0.1) is 0 Å². The van der Waals surface area contributed by atoms with Crippen LogP contribution in [0, 0.1) is 20.8 Å². The number of aliphatic hydroxyl groups is 1. The Morgan fingerprint density at radius 1 is 0.931 bits per heavy atom. The van der Waals surface area contributed by atoms with E-state index in [-0.39, 0.29) is 11.3 Å². The molecule has 0 saturated carbocycles. The molecule has 4 rings (SSSR count). The van der Waals surface area contributed by atoms with Crippen molar-refractivity contribution in [3.8, 4) is 0 Å². The zero-order valence-electron chi connectivity index (χ0n) is 16.5. The molecule has 1 unspecified atom stereocenters. The number of nitrogens with zero attached hydrogens (tertiary/aromatic N) is 1. The first-order valence-electron chi connectivity index (χ1n) is 9.38. The monoisotopic (exact) mass is 387 g/mol. The molecule has 3 aromatic rings. The van der Waals surface area contributed by atoms with Crippen molar-refractivity contribution in [3.05, 3.63) is 94.4 Å². The third kappa shape index (κ3) is 3.14. The van der Waals surface area contributed by atoms with Crippen LogP contribution in [0.4, 0.5) is 5.69 Å². The van der Waals surface area contributed by atoms with Crippen LogP contribution in [-0.4, -0.2) is 16.8 Å². The number of ketones is 1. The fraction of sp³-hybridized carbons (Fsp3) is 0.167. The van der Waals surface area contributed by atoms with Gasteiger partial charge in [-0.3, -0.25) is 14.5 Å². The van der Waals surface area contributed by atoms with Crippen LogP contribution in [0.15, 0.2) is 70.7 Å². The Labute approximate surface area is 168 Å². The summed E-state index contributed by atoms with van der Waals surface area (Å²) >= 11 is 0. The van der Waals surface area contributed by atoms with E-state index in [1.807, 2.05) is 32.0 Å². The van der Waals surface area contributed by atoms with E-state index in [1.54, 1.807) is 49.4 Å². The Hall–Kier alpha value is -3.60. The summed E-state index contributed by atoms with van der Waals surface area (Å²) in [6.07, 6.45) is 0. The smallest absolute Gasteiger partial charge is 0.300 e. The van der Waals surface area contributed by atoms with Crippen molar-refractivity contribution in [3.63, 3.8) is 0 Å². The Morgan fingerprint density at radius 3 is 2.28 bits per heavy atom. The van der Waals surface area contributed by atoms with Crippen molar-refractivity contribution < 1.29 is 19.1 Å². The standard InChI is InChI=1S/C24H21NO4/c1-14-9-11-18(13-15(14)2)25-21(19-12-10-16(3)29-19)20(23(27)24(25)28)22(26)17-7-5-4-6-8-17/h4-13,21,26H,1-3H3/b22-20-. The molecule has 1 atom stereocenters. The normalized spacial score (nSPS) is 18.4. The van der Waals surface area contributed by atoms with Gasteiger partial charge in [-0.2, -0.15) is 0 Å². The van der Waals surface area contributed by atoms with E-state index in [1.165, 1.54) is 4.90 Å². The lowest BCUT2D eigenvalue weighted by Crippen LogP contribution is -2.29. The number of carbonyl (C=O) groups is 2. The fourth-order valence-corrected chi connectivity index (χ4v) is 3.60. The molecule has 1 aromatic heterocycles. The van der Waals surface area contributed by atoms with Crippen LogP contribution in [-0.2, 0) is 9.59 Å². The molecule has 0 bridgehead atoms. The van der Waals surface area contributed by atoms with Crippen LogP contribution in [0.1, 0.15) is 34.3 Å². The summed E-state index contributed by atoms with van der Waals surface area (Å²) in [5.41, 5.74) is 3.16. The van der Waals surface area contributed by atoms with Gasteiger partial charge in [0.2, 0.25) is 0 Å². The zero-order chi connectivity index (χ0) is 20.7. The molecule has 1 N–H and O–H groups in total. The minimum atomic E-state index is -0.842. The maximum atomic E-state index is 13.0. The van der Waals surface area contributed by atoms with E-state index >= 15 is 0 Å². The molecule has 1 fully saturated rings. The summed E-state index contributed by atoms with van der Waals surface area (Å²) in [6.45, 7) is 5.73. The van der Waals surface area contributed by atoms with Crippen LogP contribution in [0.25, 0.3) is 5.76 Å². The van der Waals surface area contributed by atoms with Gasteiger partial charge in [0.15, 0.2) is 0 Å². The van der Waals surface area contributed by atoms with Gasteiger partial charge in [-0.05, 0) is 56.2 Å². The Balaban J connectivity index is 1.95. The first kappa shape index (κ1) is 18.7. The number of carbonyl (C=O) groups excluding carboxylic acids is 2. The van der Waals surface area contributed by atoms with Gasteiger partial charge < -0.3 is 9.52 Å². The van der Waals surface area contributed by atoms with Crippen LogP contribution >= 0.6 is 0 Å². The number of benzene rings is 2. The van der Waals surface area contributed by atoms with Gasteiger partial charge in [-0.1, -0.05) is 36.4 Å². The Bertz CT molecular complexity index is 1140. The number of furan rings is 1. The Kier molecular flexibility index (Phi) is 4.59. The van der Waals surface area contributed by atoms with Gasteiger partial charge in [-0.25, -0.2) is 0 Å². The quantitative estimate of drug-likeness (QED) is 0.397. The molecule has 5 nitrogen and oxygen atoms in total. The maximum Gasteiger partial charge on any atom is 0.300 e. The number of hydrogen-bond acceptors (Lipinski definition) is 4. The molecular formula is C24H21NO4. The number of hydrogen-bond donors (Lipinski definition) is 1. The van der Waals surface area contributed by atoms with E-state index in [0.29, 0.717) is 22.8 Å². The Morgan fingerprint density at radius 2 is 1.66 bits per heavy atom.